The van der Waals surface area contributed by atoms with Crippen LogP contribution in [0.4, 0.5) is 8.78 Å². The number of carbonyl (C=O) groups is 1. The molecule has 1 unspecified atom stereocenters. The van der Waals surface area contributed by atoms with E-state index in [0.717, 1.165) is 0 Å². The second kappa shape index (κ2) is 5.28. The Hall–Kier alpha value is -1.43. The summed E-state index contributed by atoms with van der Waals surface area (Å²) in [5, 5.41) is 9.99. The third-order valence-electron chi connectivity index (χ3n) is 3.35. The van der Waals surface area contributed by atoms with Crippen LogP contribution in [0.15, 0.2) is 18.3 Å². The number of piperidine rings is 1. The standard InChI is InChI=1S/C13H18F2N2O2/c1-13(19)5-3-7-17(9-13)12(18)10-4-2-6-16(10)8-11(14)15/h2,4,6,11,19H,3,5,7-9H2,1H3. The van der Waals surface area contributed by atoms with Crippen LogP contribution in [-0.2, 0) is 6.54 Å². The number of likely N-dealkylation sites (tertiary alicyclic amines) is 1. The van der Waals surface area contributed by atoms with Crippen molar-refractivity contribution in [3.05, 3.63) is 24.0 Å². The molecule has 1 fully saturated rings. The SMILES string of the molecule is CC1(O)CCCN(C(=O)c2cccn2CC(F)F)C1. The molecule has 1 aromatic rings. The molecule has 2 rings (SSSR count). The Kier molecular flexibility index (Phi) is 3.89. The van der Waals surface area contributed by atoms with Crippen LogP contribution < -0.4 is 0 Å². The molecule has 1 aliphatic rings. The molecule has 4 nitrogen and oxygen atoms in total. The van der Waals surface area contributed by atoms with Gasteiger partial charge in [0.25, 0.3) is 12.3 Å². The molecule has 1 N–H and O–H groups in total. The fourth-order valence-electron chi connectivity index (χ4n) is 2.47. The summed E-state index contributed by atoms with van der Waals surface area (Å²) in [6, 6.07) is 3.12. The molecule has 1 atom stereocenters. The number of hydrogen-bond donors (Lipinski definition) is 1. The lowest BCUT2D eigenvalue weighted by Crippen LogP contribution is -2.49. The minimum atomic E-state index is -2.50. The summed E-state index contributed by atoms with van der Waals surface area (Å²) in [5.74, 6) is -0.300. The Balaban J connectivity index is 2.13. The summed E-state index contributed by atoms with van der Waals surface area (Å²) in [4.78, 5) is 13.8. The van der Waals surface area contributed by atoms with Crippen molar-refractivity contribution < 1.29 is 18.7 Å². The zero-order valence-corrected chi connectivity index (χ0v) is 10.9. The van der Waals surface area contributed by atoms with Gasteiger partial charge in [-0.15, -0.1) is 0 Å². The molecule has 1 aliphatic heterocycles. The summed E-state index contributed by atoms with van der Waals surface area (Å²) in [7, 11) is 0. The third kappa shape index (κ3) is 3.32. The molecule has 1 aromatic heterocycles. The number of β-amino-alcohol motifs (C(OH)–C–C–N with tert-alkyl or cyclic N) is 1. The molecule has 0 aliphatic carbocycles. The largest absolute Gasteiger partial charge is 0.388 e. The fourth-order valence-corrected chi connectivity index (χ4v) is 2.47. The molecule has 0 aromatic carbocycles. The topological polar surface area (TPSA) is 45.5 Å². The molecule has 0 saturated carbocycles. The molecule has 2 heterocycles. The van der Waals surface area contributed by atoms with Crippen molar-refractivity contribution in [2.24, 2.45) is 0 Å². The average molecular weight is 272 g/mol. The lowest BCUT2D eigenvalue weighted by atomic mass is 9.95. The number of halogens is 2. The Morgan fingerprint density at radius 2 is 2.32 bits per heavy atom. The van der Waals surface area contributed by atoms with Crippen molar-refractivity contribution in [3.8, 4) is 0 Å². The van der Waals surface area contributed by atoms with Gasteiger partial charge < -0.3 is 14.6 Å². The Bertz CT molecular complexity index is 457. The fraction of sp³-hybridized carbons (Fsp3) is 0.615. The van der Waals surface area contributed by atoms with Crippen LogP contribution in [0.5, 0.6) is 0 Å². The Morgan fingerprint density at radius 1 is 1.58 bits per heavy atom. The first kappa shape index (κ1) is 14.0. The van der Waals surface area contributed by atoms with Gasteiger partial charge in [0.05, 0.1) is 12.1 Å². The molecule has 1 saturated heterocycles. The molecule has 0 radical (unpaired) electrons. The van der Waals surface area contributed by atoms with E-state index in [1.165, 1.54) is 21.7 Å². The number of alkyl halides is 2. The van der Waals surface area contributed by atoms with E-state index in [9.17, 15) is 18.7 Å². The van der Waals surface area contributed by atoms with Crippen molar-refractivity contribution >= 4 is 5.91 Å². The minimum Gasteiger partial charge on any atom is -0.388 e. The quantitative estimate of drug-likeness (QED) is 0.911. The number of nitrogens with zero attached hydrogens (tertiary/aromatic N) is 2. The van der Waals surface area contributed by atoms with E-state index in [1.54, 1.807) is 13.0 Å². The second-order valence-electron chi connectivity index (χ2n) is 5.26. The summed E-state index contributed by atoms with van der Waals surface area (Å²) >= 11 is 0. The minimum absolute atomic E-state index is 0.242. The van der Waals surface area contributed by atoms with Crippen molar-refractivity contribution in [3.63, 3.8) is 0 Å². The van der Waals surface area contributed by atoms with Crippen LogP contribution in [-0.4, -0.2) is 45.6 Å². The van der Waals surface area contributed by atoms with Crippen LogP contribution in [0, 0.1) is 0 Å². The van der Waals surface area contributed by atoms with E-state index < -0.39 is 18.6 Å². The number of aliphatic hydroxyl groups is 1. The lowest BCUT2D eigenvalue weighted by molar-refractivity contribution is -0.0112. The number of hydrogen-bond acceptors (Lipinski definition) is 2. The highest BCUT2D eigenvalue weighted by atomic mass is 19.3. The molecule has 6 heteroatoms. The van der Waals surface area contributed by atoms with Gasteiger partial charge in [-0.05, 0) is 31.9 Å². The molecule has 106 valence electrons. The molecule has 19 heavy (non-hydrogen) atoms. The highest BCUT2D eigenvalue weighted by molar-refractivity contribution is 5.92. The van der Waals surface area contributed by atoms with Gasteiger partial charge in [0.1, 0.15) is 5.69 Å². The van der Waals surface area contributed by atoms with Gasteiger partial charge in [-0.1, -0.05) is 0 Å². The smallest absolute Gasteiger partial charge is 0.270 e. The predicted molar refractivity (Wildman–Crippen MR) is 66.2 cm³/mol. The monoisotopic (exact) mass is 272 g/mol. The van der Waals surface area contributed by atoms with Crippen molar-refractivity contribution in [1.29, 1.82) is 0 Å². The third-order valence-corrected chi connectivity index (χ3v) is 3.35. The van der Waals surface area contributed by atoms with Crippen LogP contribution in [0.2, 0.25) is 0 Å². The Labute approximate surface area is 110 Å². The number of carbonyl (C=O) groups excluding carboxylic acids is 1. The first-order valence-electron chi connectivity index (χ1n) is 6.34. The van der Waals surface area contributed by atoms with Crippen LogP contribution >= 0.6 is 0 Å². The normalized spacial score (nSPS) is 23.9. The highest BCUT2D eigenvalue weighted by Crippen LogP contribution is 2.22. The van der Waals surface area contributed by atoms with Gasteiger partial charge in [-0.3, -0.25) is 4.79 Å². The maximum absolute atomic E-state index is 12.4. The summed E-state index contributed by atoms with van der Waals surface area (Å²) in [6.07, 6.45) is 0.341. The van der Waals surface area contributed by atoms with E-state index in [0.29, 0.717) is 19.4 Å². The first-order chi connectivity index (χ1) is 8.89. The van der Waals surface area contributed by atoms with E-state index in [4.69, 9.17) is 0 Å². The van der Waals surface area contributed by atoms with Gasteiger partial charge >= 0.3 is 0 Å². The van der Waals surface area contributed by atoms with E-state index in [-0.39, 0.29) is 18.1 Å². The van der Waals surface area contributed by atoms with Crippen molar-refractivity contribution in [2.75, 3.05) is 13.1 Å². The lowest BCUT2D eigenvalue weighted by Gasteiger charge is -2.36. The van der Waals surface area contributed by atoms with Gasteiger partial charge in [0, 0.05) is 19.3 Å². The van der Waals surface area contributed by atoms with Crippen molar-refractivity contribution in [1.82, 2.24) is 9.47 Å². The second-order valence-corrected chi connectivity index (χ2v) is 5.26. The van der Waals surface area contributed by atoms with Gasteiger partial charge in [-0.2, -0.15) is 0 Å². The Morgan fingerprint density at radius 3 is 2.95 bits per heavy atom. The van der Waals surface area contributed by atoms with Gasteiger partial charge in [0.2, 0.25) is 0 Å². The summed E-state index contributed by atoms with van der Waals surface area (Å²) < 4.78 is 26.1. The average Bonchev–Trinajstić information content (AvgIpc) is 2.74. The van der Waals surface area contributed by atoms with Gasteiger partial charge in [0.15, 0.2) is 0 Å². The van der Waals surface area contributed by atoms with Crippen LogP contribution in [0.1, 0.15) is 30.3 Å². The molecule has 0 bridgehead atoms. The zero-order valence-electron chi connectivity index (χ0n) is 10.9. The molecule has 0 spiro atoms. The number of rotatable bonds is 3. The predicted octanol–water partition coefficient (Wildman–Crippen LogP) is 1.74. The van der Waals surface area contributed by atoms with Crippen LogP contribution in [0.3, 0.4) is 0 Å². The first-order valence-corrected chi connectivity index (χ1v) is 6.34. The van der Waals surface area contributed by atoms with E-state index in [2.05, 4.69) is 0 Å². The highest BCUT2D eigenvalue weighted by Gasteiger charge is 2.32. The van der Waals surface area contributed by atoms with E-state index in [1.807, 2.05) is 0 Å². The van der Waals surface area contributed by atoms with Crippen LogP contribution in [0.25, 0.3) is 0 Å². The summed E-state index contributed by atoms with van der Waals surface area (Å²) in [6.45, 7) is 1.99. The molecule has 1 amide bonds. The summed E-state index contributed by atoms with van der Waals surface area (Å²) in [5.41, 5.74) is -0.647. The maximum atomic E-state index is 12.4. The zero-order chi connectivity index (χ0) is 14.0. The molecular weight excluding hydrogens is 254 g/mol. The number of aromatic nitrogens is 1. The van der Waals surface area contributed by atoms with E-state index >= 15 is 0 Å². The molecular formula is C13H18F2N2O2. The number of amides is 1. The maximum Gasteiger partial charge on any atom is 0.270 e. The van der Waals surface area contributed by atoms with Crippen molar-refractivity contribution in [2.45, 2.75) is 38.3 Å². The van der Waals surface area contributed by atoms with Gasteiger partial charge in [-0.25, -0.2) is 8.78 Å².